The Hall–Kier alpha value is -2.41. The molecule has 2 aromatic carbocycles. The largest absolute Gasteiger partial charge is 0.371 e. The lowest BCUT2D eigenvalue weighted by atomic mass is 10.1. The summed E-state index contributed by atoms with van der Waals surface area (Å²) in [5.41, 5.74) is 2.03. The molecule has 0 aromatic heterocycles. The van der Waals surface area contributed by atoms with E-state index in [1.165, 1.54) is 0 Å². The number of ether oxygens (including phenoxy) is 1. The zero-order chi connectivity index (χ0) is 19.8. The molecule has 1 unspecified atom stereocenters. The fraction of sp³-hybridized carbons (Fsp3) is 0.333. The highest BCUT2D eigenvalue weighted by Crippen LogP contribution is 2.21. The summed E-state index contributed by atoms with van der Waals surface area (Å²) < 4.78 is 5.84. The Kier molecular flexibility index (Phi) is 7.42. The van der Waals surface area contributed by atoms with E-state index in [4.69, 9.17) is 16.3 Å². The smallest absolute Gasteiger partial charge is 0.309 e. The third kappa shape index (κ3) is 6.05. The summed E-state index contributed by atoms with van der Waals surface area (Å²) in [7, 11) is 0. The number of rotatable bonds is 6. The quantitative estimate of drug-likeness (QED) is 0.727. The minimum atomic E-state index is -0.640. The number of amides is 2. The third-order valence-corrected chi connectivity index (χ3v) is 4.86. The summed E-state index contributed by atoms with van der Waals surface area (Å²) in [5.74, 6) is -1.26. The van der Waals surface area contributed by atoms with Crippen molar-refractivity contribution in [1.82, 2.24) is 15.5 Å². The maximum Gasteiger partial charge on any atom is 0.309 e. The van der Waals surface area contributed by atoms with Crippen LogP contribution in [0.3, 0.4) is 0 Å². The number of carbonyl (C=O) groups is 2. The van der Waals surface area contributed by atoms with E-state index in [1.54, 1.807) is 12.1 Å². The van der Waals surface area contributed by atoms with Gasteiger partial charge in [-0.1, -0.05) is 54.1 Å². The molecule has 0 saturated carbocycles. The molecule has 0 bridgehead atoms. The van der Waals surface area contributed by atoms with Crippen LogP contribution in [0, 0.1) is 0 Å². The molecule has 6 nitrogen and oxygen atoms in total. The van der Waals surface area contributed by atoms with Gasteiger partial charge in [0.2, 0.25) is 0 Å². The molecule has 28 heavy (non-hydrogen) atoms. The van der Waals surface area contributed by atoms with Crippen LogP contribution >= 0.6 is 11.6 Å². The Labute approximate surface area is 169 Å². The fourth-order valence-electron chi connectivity index (χ4n) is 3.05. The van der Waals surface area contributed by atoms with Crippen molar-refractivity contribution in [2.45, 2.75) is 12.6 Å². The van der Waals surface area contributed by atoms with Crippen LogP contribution in [0.4, 0.5) is 0 Å². The first kappa shape index (κ1) is 20.3. The Bertz CT molecular complexity index is 783. The van der Waals surface area contributed by atoms with Gasteiger partial charge in [0, 0.05) is 37.7 Å². The molecular weight excluding hydrogens is 378 g/mol. The highest BCUT2D eigenvalue weighted by Gasteiger charge is 2.22. The molecule has 1 aliphatic rings. The minimum Gasteiger partial charge on any atom is -0.371 e. The van der Waals surface area contributed by atoms with Crippen LogP contribution in [0.1, 0.15) is 17.2 Å². The lowest BCUT2D eigenvalue weighted by molar-refractivity contribution is -0.139. The summed E-state index contributed by atoms with van der Waals surface area (Å²) in [4.78, 5) is 26.1. The van der Waals surface area contributed by atoms with Gasteiger partial charge in [0.05, 0.1) is 12.7 Å². The molecule has 7 heteroatoms. The van der Waals surface area contributed by atoms with E-state index in [0.29, 0.717) is 24.7 Å². The highest BCUT2D eigenvalue weighted by molar-refractivity contribution is 6.35. The zero-order valence-electron chi connectivity index (χ0n) is 15.6. The average Bonchev–Trinajstić information content (AvgIpc) is 2.74. The summed E-state index contributed by atoms with van der Waals surface area (Å²) in [5, 5.41) is 5.91. The Balaban J connectivity index is 1.37. The second kappa shape index (κ2) is 10.2. The van der Waals surface area contributed by atoms with Crippen LogP contribution in [0.5, 0.6) is 0 Å². The number of nitrogens with one attached hydrogen (secondary N) is 2. The SMILES string of the molecule is O=C(NCCN1CCOC(c2ccccc2)C1)C(=O)NCc1ccc(Cl)cc1. The Morgan fingerprint density at radius 2 is 1.75 bits per heavy atom. The summed E-state index contributed by atoms with van der Waals surface area (Å²) in [6.07, 6.45) is 0.0355. The van der Waals surface area contributed by atoms with Gasteiger partial charge in [0.25, 0.3) is 0 Å². The van der Waals surface area contributed by atoms with Crippen LogP contribution in [0.15, 0.2) is 54.6 Å². The molecule has 1 fully saturated rings. The Morgan fingerprint density at radius 3 is 2.50 bits per heavy atom. The maximum absolute atomic E-state index is 12.0. The van der Waals surface area contributed by atoms with Gasteiger partial charge in [0.1, 0.15) is 0 Å². The van der Waals surface area contributed by atoms with E-state index in [1.807, 2.05) is 30.3 Å². The summed E-state index contributed by atoms with van der Waals surface area (Å²) in [6, 6.07) is 17.2. The van der Waals surface area contributed by atoms with Gasteiger partial charge in [-0.3, -0.25) is 14.5 Å². The van der Waals surface area contributed by atoms with Gasteiger partial charge in [-0.15, -0.1) is 0 Å². The highest BCUT2D eigenvalue weighted by atomic mass is 35.5. The van der Waals surface area contributed by atoms with Gasteiger partial charge >= 0.3 is 11.8 Å². The van der Waals surface area contributed by atoms with Gasteiger partial charge < -0.3 is 15.4 Å². The second-order valence-electron chi connectivity index (χ2n) is 6.64. The van der Waals surface area contributed by atoms with Crippen LogP contribution in [-0.2, 0) is 20.9 Å². The molecule has 148 valence electrons. The van der Waals surface area contributed by atoms with E-state index in [-0.39, 0.29) is 12.6 Å². The van der Waals surface area contributed by atoms with Crippen molar-refractivity contribution in [2.75, 3.05) is 32.8 Å². The number of carbonyl (C=O) groups excluding carboxylic acids is 2. The van der Waals surface area contributed by atoms with E-state index in [0.717, 1.165) is 24.2 Å². The topological polar surface area (TPSA) is 70.7 Å². The third-order valence-electron chi connectivity index (χ3n) is 4.61. The normalized spacial score (nSPS) is 17.1. The summed E-state index contributed by atoms with van der Waals surface area (Å²) in [6.45, 7) is 3.59. The van der Waals surface area contributed by atoms with Crippen molar-refractivity contribution in [3.8, 4) is 0 Å². The number of benzene rings is 2. The van der Waals surface area contributed by atoms with Crippen molar-refractivity contribution in [3.63, 3.8) is 0 Å². The predicted molar refractivity (Wildman–Crippen MR) is 108 cm³/mol. The fourth-order valence-corrected chi connectivity index (χ4v) is 3.17. The number of morpholine rings is 1. The molecule has 0 spiro atoms. The first-order valence-corrected chi connectivity index (χ1v) is 9.69. The molecule has 1 heterocycles. The molecular formula is C21H24ClN3O3. The first-order chi connectivity index (χ1) is 13.6. The lowest BCUT2D eigenvalue weighted by Crippen LogP contribution is -2.45. The van der Waals surface area contributed by atoms with E-state index in [2.05, 4.69) is 27.7 Å². The molecule has 1 atom stereocenters. The minimum absolute atomic E-state index is 0.0355. The molecule has 0 radical (unpaired) electrons. The first-order valence-electron chi connectivity index (χ1n) is 9.31. The van der Waals surface area contributed by atoms with Crippen molar-refractivity contribution >= 4 is 23.4 Å². The predicted octanol–water partition coefficient (Wildman–Crippen LogP) is 2.15. The number of nitrogens with zero attached hydrogens (tertiary/aromatic N) is 1. The molecule has 1 saturated heterocycles. The van der Waals surface area contributed by atoms with Gasteiger partial charge in [-0.2, -0.15) is 0 Å². The number of hydrogen-bond acceptors (Lipinski definition) is 4. The van der Waals surface area contributed by atoms with Gasteiger partial charge in [-0.05, 0) is 23.3 Å². The van der Waals surface area contributed by atoms with Crippen molar-refractivity contribution in [1.29, 1.82) is 0 Å². The van der Waals surface area contributed by atoms with Gasteiger partial charge in [-0.25, -0.2) is 0 Å². The standard InChI is InChI=1S/C21H24ClN3O3/c22-18-8-6-16(7-9-18)14-24-21(27)20(26)23-10-11-25-12-13-28-19(15-25)17-4-2-1-3-5-17/h1-9,19H,10-15H2,(H,23,26)(H,24,27). The monoisotopic (exact) mass is 401 g/mol. The summed E-state index contributed by atoms with van der Waals surface area (Å²) >= 11 is 5.83. The molecule has 1 aliphatic heterocycles. The van der Waals surface area contributed by atoms with E-state index < -0.39 is 11.8 Å². The second-order valence-corrected chi connectivity index (χ2v) is 7.07. The molecule has 0 aliphatic carbocycles. The van der Waals surface area contributed by atoms with Crippen LogP contribution < -0.4 is 10.6 Å². The van der Waals surface area contributed by atoms with Crippen LogP contribution in [-0.4, -0.2) is 49.5 Å². The average molecular weight is 402 g/mol. The zero-order valence-corrected chi connectivity index (χ0v) is 16.3. The van der Waals surface area contributed by atoms with Crippen LogP contribution in [0.2, 0.25) is 5.02 Å². The van der Waals surface area contributed by atoms with Crippen molar-refractivity contribution in [2.24, 2.45) is 0 Å². The van der Waals surface area contributed by atoms with Crippen molar-refractivity contribution in [3.05, 3.63) is 70.7 Å². The molecule has 2 aromatic rings. The van der Waals surface area contributed by atoms with Crippen molar-refractivity contribution < 1.29 is 14.3 Å². The van der Waals surface area contributed by atoms with Gasteiger partial charge in [0.15, 0.2) is 0 Å². The van der Waals surface area contributed by atoms with E-state index >= 15 is 0 Å². The molecule has 2 N–H and O–H groups in total. The number of halogens is 1. The van der Waals surface area contributed by atoms with E-state index in [9.17, 15) is 9.59 Å². The molecule has 3 rings (SSSR count). The Morgan fingerprint density at radius 1 is 1.04 bits per heavy atom. The maximum atomic E-state index is 12.0. The molecule has 2 amide bonds. The number of hydrogen-bond donors (Lipinski definition) is 2. The lowest BCUT2D eigenvalue weighted by Gasteiger charge is -2.33. The van der Waals surface area contributed by atoms with Crippen LogP contribution in [0.25, 0.3) is 0 Å².